The lowest BCUT2D eigenvalue weighted by molar-refractivity contribution is -0.129. The molecule has 2 aromatic carbocycles. The number of hydrogen-bond donors (Lipinski definition) is 1. The second kappa shape index (κ2) is 8.59. The third-order valence-electron chi connectivity index (χ3n) is 4.92. The Morgan fingerprint density at radius 3 is 2.87 bits per heavy atom. The van der Waals surface area contributed by atoms with E-state index < -0.39 is 0 Å². The molecule has 4 aromatic rings. The highest BCUT2D eigenvalue weighted by Gasteiger charge is 2.15. The zero-order valence-electron chi connectivity index (χ0n) is 16.7. The molecule has 0 spiro atoms. The molecule has 1 N–H and O–H groups in total. The van der Waals surface area contributed by atoms with Gasteiger partial charge in [0.15, 0.2) is 5.82 Å². The Morgan fingerprint density at radius 1 is 1.23 bits per heavy atom. The van der Waals surface area contributed by atoms with E-state index in [1.165, 1.54) is 0 Å². The molecule has 1 amide bonds. The number of carbonyl (C=O) groups excluding carboxylic acids is 1. The van der Waals surface area contributed by atoms with E-state index in [1.54, 1.807) is 25.1 Å². The van der Waals surface area contributed by atoms with Crippen molar-refractivity contribution >= 4 is 28.4 Å². The summed E-state index contributed by atoms with van der Waals surface area (Å²) in [5, 5.41) is 5.65. The second-order valence-electron chi connectivity index (χ2n) is 6.99. The van der Waals surface area contributed by atoms with Crippen LogP contribution in [-0.2, 0) is 17.6 Å². The Labute approximate surface area is 178 Å². The topological polar surface area (TPSA) is 84.2 Å². The first-order chi connectivity index (χ1) is 14.5. The van der Waals surface area contributed by atoms with E-state index in [-0.39, 0.29) is 12.3 Å². The molecule has 0 radical (unpaired) electrons. The van der Waals surface area contributed by atoms with E-state index in [1.807, 2.05) is 42.5 Å². The maximum absolute atomic E-state index is 12.5. The Hall–Kier alpha value is -3.32. The first kappa shape index (κ1) is 20.0. The van der Waals surface area contributed by atoms with Crippen LogP contribution in [0.3, 0.4) is 0 Å². The minimum atomic E-state index is -0.0172. The summed E-state index contributed by atoms with van der Waals surface area (Å²) in [6.45, 7) is 0.478. The first-order valence-corrected chi connectivity index (χ1v) is 9.88. The fourth-order valence-corrected chi connectivity index (χ4v) is 3.35. The maximum Gasteiger partial charge on any atom is 0.274 e. The standard InChI is InChI=1S/C22H21ClN4O3/c1-27(21(28)12-14-5-3-4-6-17(14)23)10-9-20-25-22(30-26-20)19-11-15-7-8-16(29-2)13-18(15)24-19/h3-8,11,13,24H,9-10,12H2,1-2H3. The normalized spacial score (nSPS) is 11.0. The smallest absolute Gasteiger partial charge is 0.274 e. The van der Waals surface area contributed by atoms with Crippen molar-refractivity contribution in [3.63, 3.8) is 0 Å². The second-order valence-corrected chi connectivity index (χ2v) is 7.39. The highest BCUT2D eigenvalue weighted by Crippen LogP contribution is 2.26. The fraction of sp³-hybridized carbons (Fsp3) is 0.227. The van der Waals surface area contributed by atoms with Gasteiger partial charge in [-0.1, -0.05) is 35.0 Å². The van der Waals surface area contributed by atoms with Crippen LogP contribution in [0.4, 0.5) is 0 Å². The van der Waals surface area contributed by atoms with Crippen molar-refractivity contribution in [1.82, 2.24) is 20.0 Å². The molecule has 0 aliphatic rings. The Bertz CT molecular complexity index is 1180. The lowest BCUT2D eigenvalue weighted by atomic mass is 10.1. The van der Waals surface area contributed by atoms with Gasteiger partial charge in [0.25, 0.3) is 5.89 Å². The molecular formula is C22H21ClN4O3. The zero-order valence-corrected chi connectivity index (χ0v) is 17.4. The summed E-state index contributed by atoms with van der Waals surface area (Å²) in [6.07, 6.45) is 0.745. The van der Waals surface area contributed by atoms with Crippen molar-refractivity contribution in [3.05, 3.63) is 64.9 Å². The fourth-order valence-electron chi connectivity index (χ4n) is 3.15. The van der Waals surface area contributed by atoms with E-state index in [2.05, 4.69) is 15.1 Å². The minimum absolute atomic E-state index is 0.0172. The molecule has 8 heteroatoms. The Morgan fingerprint density at radius 2 is 2.07 bits per heavy atom. The van der Waals surface area contributed by atoms with Crippen molar-refractivity contribution in [2.75, 3.05) is 20.7 Å². The van der Waals surface area contributed by atoms with Crippen LogP contribution in [0.15, 0.2) is 53.1 Å². The first-order valence-electron chi connectivity index (χ1n) is 9.50. The van der Waals surface area contributed by atoms with Crippen LogP contribution in [0.25, 0.3) is 22.5 Å². The number of likely N-dealkylation sites (N-methyl/N-ethyl adjacent to an activating group) is 1. The Balaban J connectivity index is 1.38. The molecule has 4 rings (SSSR count). The van der Waals surface area contributed by atoms with Gasteiger partial charge in [0.1, 0.15) is 11.4 Å². The van der Waals surface area contributed by atoms with Gasteiger partial charge in [0.05, 0.1) is 13.5 Å². The molecule has 2 aromatic heterocycles. The van der Waals surface area contributed by atoms with Gasteiger partial charge in [0, 0.05) is 42.0 Å². The predicted molar refractivity (Wildman–Crippen MR) is 115 cm³/mol. The maximum atomic E-state index is 12.5. The molecule has 0 aliphatic carbocycles. The number of nitrogens with zero attached hydrogens (tertiary/aromatic N) is 3. The number of rotatable bonds is 7. The summed E-state index contributed by atoms with van der Waals surface area (Å²) in [5.41, 5.74) is 2.47. The summed E-state index contributed by atoms with van der Waals surface area (Å²) in [5.74, 6) is 1.70. The molecule has 7 nitrogen and oxygen atoms in total. The lowest BCUT2D eigenvalue weighted by Crippen LogP contribution is -2.30. The molecule has 0 saturated heterocycles. The zero-order chi connectivity index (χ0) is 21.1. The summed E-state index contributed by atoms with van der Waals surface area (Å²) in [4.78, 5) is 21.8. The third-order valence-corrected chi connectivity index (χ3v) is 5.29. The summed E-state index contributed by atoms with van der Waals surface area (Å²) in [7, 11) is 3.39. The SMILES string of the molecule is COc1ccc2cc(-c3nc(CCN(C)C(=O)Cc4ccccc4Cl)no3)[nH]c2c1. The van der Waals surface area contributed by atoms with E-state index >= 15 is 0 Å². The van der Waals surface area contributed by atoms with Gasteiger partial charge in [-0.2, -0.15) is 4.98 Å². The molecule has 0 atom stereocenters. The van der Waals surface area contributed by atoms with Crippen molar-refractivity contribution < 1.29 is 14.1 Å². The highest BCUT2D eigenvalue weighted by atomic mass is 35.5. The van der Waals surface area contributed by atoms with E-state index in [9.17, 15) is 4.79 Å². The highest BCUT2D eigenvalue weighted by molar-refractivity contribution is 6.31. The van der Waals surface area contributed by atoms with Crippen molar-refractivity contribution in [2.24, 2.45) is 0 Å². The molecule has 2 heterocycles. The molecule has 154 valence electrons. The number of aromatic amines is 1. The van der Waals surface area contributed by atoms with Crippen LogP contribution < -0.4 is 4.74 Å². The molecule has 0 saturated carbocycles. The van der Waals surface area contributed by atoms with Crippen LogP contribution in [-0.4, -0.2) is 46.6 Å². The molecule has 0 aliphatic heterocycles. The average molecular weight is 425 g/mol. The quantitative estimate of drug-likeness (QED) is 0.482. The average Bonchev–Trinajstić information content (AvgIpc) is 3.39. The number of H-pyrrole nitrogens is 1. The van der Waals surface area contributed by atoms with Crippen LogP contribution in [0.2, 0.25) is 5.02 Å². The van der Waals surface area contributed by atoms with Gasteiger partial charge >= 0.3 is 0 Å². The molecule has 30 heavy (non-hydrogen) atoms. The monoisotopic (exact) mass is 424 g/mol. The van der Waals surface area contributed by atoms with E-state index in [0.29, 0.717) is 29.7 Å². The summed E-state index contributed by atoms with van der Waals surface area (Å²) in [6, 6.07) is 15.1. The van der Waals surface area contributed by atoms with Gasteiger partial charge in [-0.15, -0.1) is 0 Å². The molecule has 0 bridgehead atoms. The van der Waals surface area contributed by atoms with Crippen molar-refractivity contribution in [1.29, 1.82) is 0 Å². The number of methoxy groups -OCH3 is 1. The van der Waals surface area contributed by atoms with E-state index in [4.69, 9.17) is 20.9 Å². The summed E-state index contributed by atoms with van der Waals surface area (Å²) < 4.78 is 10.6. The van der Waals surface area contributed by atoms with Gasteiger partial charge in [-0.3, -0.25) is 4.79 Å². The van der Waals surface area contributed by atoms with Crippen LogP contribution in [0.5, 0.6) is 5.75 Å². The van der Waals surface area contributed by atoms with Gasteiger partial charge in [0.2, 0.25) is 5.91 Å². The number of fused-ring (bicyclic) bond motifs is 1. The van der Waals surface area contributed by atoms with Crippen molar-refractivity contribution in [2.45, 2.75) is 12.8 Å². The van der Waals surface area contributed by atoms with Gasteiger partial charge < -0.3 is 19.1 Å². The van der Waals surface area contributed by atoms with Crippen LogP contribution in [0.1, 0.15) is 11.4 Å². The number of nitrogens with one attached hydrogen (secondary N) is 1. The van der Waals surface area contributed by atoms with Gasteiger partial charge in [-0.05, 0) is 29.8 Å². The number of aromatic nitrogens is 3. The largest absolute Gasteiger partial charge is 0.497 e. The Kier molecular flexibility index (Phi) is 5.72. The van der Waals surface area contributed by atoms with Crippen molar-refractivity contribution in [3.8, 4) is 17.3 Å². The van der Waals surface area contributed by atoms with Gasteiger partial charge in [-0.25, -0.2) is 0 Å². The predicted octanol–water partition coefficient (Wildman–Crippen LogP) is 4.12. The summed E-state index contributed by atoms with van der Waals surface area (Å²) >= 11 is 6.14. The number of ether oxygens (including phenoxy) is 1. The van der Waals surface area contributed by atoms with Crippen LogP contribution >= 0.6 is 11.6 Å². The van der Waals surface area contributed by atoms with Crippen LogP contribution in [0, 0.1) is 0 Å². The lowest BCUT2D eigenvalue weighted by Gasteiger charge is -2.16. The minimum Gasteiger partial charge on any atom is -0.497 e. The number of benzene rings is 2. The number of amides is 1. The molecule has 0 unspecified atom stereocenters. The third kappa shape index (κ3) is 4.31. The molecular weight excluding hydrogens is 404 g/mol. The number of hydrogen-bond acceptors (Lipinski definition) is 5. The van der Waals surface area contributed by atoms with E-state index in [0.717, 1.165) is 27.9 Å². The number of carbonyl (C=O) groups is 1. The molecule has 0 fully saturated rings. The number of halogens is 1.